The quantitative estimate of drug-likeness (QED) is 0.581. The van der Waals surface area contributed by atoms with Crippen molar-refractivity contribution in [2.45, 2.75) is 24.7 Å². The Morgan fingerprint density at radius 3 is 2.94 bits per heavy atom. The Bertz CT molecular complexity index is 465. The predicted molar refractivity (Wildman–Crippen MR) is 64.2 cm³/mol. The van der Waals surface area contributed by atoms with E-state index in [-0.39, 0.29) is 5.91 Å². The van der Waals surface area contributed by atoms with Crippen molar-refractivity contribution in [3.63, 3.8) is 0 Å². The van der Waals surface area contributed by atoms with Crippen molar-refractivity contribution < 1.29 is 4.79 Å². The fraction of sp³-hybridized carbons (Fsp3) is 0.333. The molecule has 0 N–H and O–H groups in total. The van der Waals surface area contributed by atoms with Gasteiger partial charge in [-0.1, -0.05) is 6.07 Å². The molecule has 1 heterocycles. The Hall–Kier alpha value is -1.47. The summed E-state index contributed by atoms with van der Waals surface area (Å²) in [5, 5.41) is 10.8. The molecule has 1 aromatic rings. The van der Waals surface area contributed by atoms with E-state index in [0.29, 0.717) is 6.42 Å². The minimum Gasteiger partial charge on any atom is -0.311 e. The van der Waals surface area contributed by atoms with Crippen LogP contribution in [0.15, 0.2) is 23.1 Å². The number of anilines is 1. The topological polar surface area (TPSA) is 44.1 Å². The van der Waals surface area contributed by atoms with Gasteiger partial charge in [0, 0.05) is 17.9 Å². The first-order valence-electron chi connectivity index (χ1n) is 5.19. The van der Waals surface area contributed by atoms with Crippen LogP contribution in [0.2, 0.25) is 0 Å². The van der Waals surface area contributed by atoms with Gasteiger partial charge in [0.15, 0.2) is 0 Å². The lowest BCUT2D eigenvalue weighted by molar-refractivity contribution is -0.117. The van der Waals surface area contributed by atoms with E-state index in [1.54, 1.807) is 4.90 Å². The molecule has 2 rings (SSSR count). The minimum absolute atomic E-state index is 0.156. The lowest BCUT2D eigenvalue weighted by Crippen LogP contribution is -2.24. The molecule has 1 aliphatic heterocycles. The highest BCUT2D eigenvalue weighted by atomic mass is 32.2. The SMILES string of the molecule is Cc1ccc(N2CCCC2=O)c(SC#N)c1. The first-order valence-corrected chi connectivity index (χ1v) is 6.01. The minimum atomic E-state index is 0.156. The van der Waals surface area contributed by atoms with Crippen LogP contribution in [0.5, 0.6) is 0 Å². The van der Waals surface area contributed by atoms with Gasteiger partial charge in [0.2, 0.25) is 5.91 Å². The number of hydrogen-bond acceptors (Lipinski definition) is 3. The lowest BCUT2D eigenvalue weighted by atomic mass is 10.2. The standard InChI is InChI=1S/C12H12N2OS/c1-9-4-5-10(11(7-9)16-8-13)14-6-2-3-12(14)15/h4-5,7H,2-3,6H2,1H3. The number of amides is 1. The molecule has 0 saturated carbocycles. The molecule has 0 bridgehead atoms. The van der Waals surface area contributed by atoms with E-state index in [4.69, 9.17) is 5.26 Å². The van der Waals surface area contributed by atoms with Crippen LogP contribution >= 0.6 is 11.8 Å². The van der Waals surface area contributed by atoms with Gasteiger partial charge in [-0.2, -0.15) is 5.26 Å². The maximum Gasteiger partial charge on any atom is 0.227 e. The highest BCUT2D eigenvalue weighted by Gasteiger charge is 2.23. The van der Waals surface area contributed by atoms with Crippen molar-refractivity contribution in [1.82, 2.24) is 0 Å². The van der Waals surface area contributed by atoms with Crippen LogP contribution in [0, 0.1) is 17.6 Å². The van der Waals surface area contributed by atoms with Crippen LogP contribution in [-0.2, 0) is 4.79 Å². The monoisotopic (exact) mass is 232 g/mol. The molecule has 1 saturated heterocycles. The van der Waals surface area contributed by atoms with Gasteiger partial charge < -0.3 is 4.90 Å². The van der Waals surface area contributed by atoms with Crippen molar-refractivity contribution in [2.75, 3.05) is 11.4 Å². The molecular weight excluding hydrogens is 220 g/mol. The van der Waals surface area contributed by atoms with Gasteiger partial charge in [-0.25, -0.2) is 0 Å². The number of nitriles is 1. The molecule has 0 unspecified atom stereocenters. The Kier molecular flexibility index (Phi) is 3.16. The molecule has 1 aromatic carbocycles. The molecule has 82 valence electrons. The normalized spacial score (nSPS) is 15.2. The summed E-state index contributed by atoms with van der Waals surface area (Å²) in [6, 6.07) is 5.86. The van der Waals surface area contributed by atoms with Crippen molar-refractivity contribution in [2.24, 2.45) is 0 Å². The van der Waals surface area contributed by atoms with E-state index in [1.165, 1.54) is 0 Å². The number of benzene rings is 1. The molecular formula is C12H12N2OS. The molecule has 0 aromatic heterocycles. The third kappa shape index (κ3) is 2.05. The van der Waals surface area contributed by atoms with Crippen LogP contribution in [0.4, 0.5) is 5.69 Å². The zero-order valence-electron chi connectivity index (χ0n) is 9.06. The lowest BCUT2D eigenvalue weighted by Gasteiger charge is -2.18. The molecule has 1 amide bonds. The van der Waals surface area contributed by atoms with Gasteiger partial charge in [-0.05, 0) is 42.8 Å². The molecule has 0 radical (unpaired) electrons. The highest BCUT2D eigenvalue weighted by Crippen LogP contribution is 2.33. The second-order valence-electron chi connectivity index (χ2n) is 3.81. The summed E-state index contributed by atoms with van der Waals surface area (Å²) in [7, 11) is 0. The molecule has 0 atom stereocenters. The van der Waals surface area contributed by atoms with Crippen molar-refractivity contribution >= 4 is 23.4 Å². The smallest absolute Gasteiger partial charge is 0.227 e. The van der Waals surface area contributed by atoms with E-state index in [1.807, 2.05) is 25.1 Å². The molecule has 4 heteroatoms. The Balaban J connectivity index is 2.39. The van der Waals surface area contributed by atoms with Crippen LogP contribution in [0.3, 0.4) is 0 Å². The van der Waals surface area contributed by atoms with E-state index in [2.05, 4.69) is 5.40 Å². The molecule has 16 heavy (non-hydrogen) atoms. The third-order valence-electron chi connectivity index (χ3n) is 2.64. The van der Waals surface area contributed by atoms with Crippen LogP contribution < -0.4 is 4.90 Å². The summed E-state index contributed by atoms with van der Waals surface area (Å²) in [5.74, 6) is 0.156. The second-order valence-corrected chi connectivity index (χ2v) is 4.64. The summed E-state index contributed by atoms with van der Waals surface area (Å²) in [6.07, 6.45) is 1.52. The van der Waals surface area contributed by atoms with E-state index in [9.17, 15) is 4.79 Å². The fourth-order valence-corrected chi connectivity index (χ4v) is 2.50. The second kappa shape index (κ2) is 4.58. The summed E-state index contributed by atoms with van der Waals surface area (Å²) in [6.45, 7) is 2.75. The first kappa shape index (κ1) is 11.0. The summed E-state index contributed by atoms with van der Waals surface area (Å²) in [5.41, 5.74) is 1.98. The summed E-state index contributed by atoms with van der Waals surface area (Å²) in [4.78, 5) is 14.3. The average molecular weight is 232 g/mol. The maximum atomic E-state index is 11.6. The summed E-state index contributed by atoms with van der Waals surface area (Å²) < 4.78 is 0. The molecule has 0 aliphatic carbocycles. The van der Waals surface area contributed by atoms with Gasteiger partial charge in [0.1, 0.15) is 5.40 Å². The van der Waals surface area contributed by atoms with Gasteiger partial charge in [0.25, 0.3) is 0 Å². The number of carbonyl (C=O) groups is 1. The van der Waals surface area contributed by atoms with E-state index in [0.717, 1.165) is 40.9 Å². The van der Waals surface area contributed by atoms with Gasteiger partial charge in [0.05, 0.1) is 5.69 Å². The zero-order valence-corrected chi connectivity index (χ0v) is 9.88. The van der Waals surface area contributed by atoms with Crippen molar-refractivity contribution in [3.05, 3.63) is 23.8 Å². The first-order chi connectivity index (χ1) is 7.72. The van der Waals surface area contributed by atoms with Gasteiger partial charge >= 0.3 is 0 Å². The largest absolute Gasteiger partial charge is 0.311 e. The number of nitrogens with zero attached hydrogens (tertiary/aromatic N) is 2. The Morgan fingerprint density at radius 2 is 2.31 bits per heavy atom. The van der Waals surface area contributed by atoms with E-state index < -0.39 is 0 Å². The van der Waals surface area contributed by atoms with Crippen LogP contribution in [0.1, 0.15) is 18.4 Å². The third-order valence-corrected chi connectivity index (χ3v) is 3.27. The molecule has 1 fully saturated rings. The molecule has 0 spiro atoms. The number of aryl methyl sites for hydroxylation is 1. The number of carbonyl (C=O) groups excluding carboxylic acids is 1. The highest BCUT2D eigenvalue weighted by molar-refractivity contribution is 8.03. The maximum absolute atomic E-state index is 11.6. The predicted octanol–water partition coefficient (Wildman–Crippen LogP) is 2.70. The molecule has 3 nitrogen and oxygen atoms in total. The molecule has 1 aliphatic rings. The van der Waals surface area contributed by atoms with Crippen molar-refractivity contribution in [1.29, 1.82) is 5.26 Å². The van der Waals surface area contributed by atoms with Crippen molar-refractivity contribution in [3.8, 4) is 5.40 Å². The Labute approximate surface area is 99.1 Å². The number of rotatable bonds is 2. The van der Waals surface area contributed by atoms with Crippen LogP contribution in [0.25, 0.3) is 0 Å². The summed E-state index contributed by atoms with van der Waals surface area (Å²) >= 11 is 1.12. The number of thioether (sulfide) groups is 1. The number of hydrogen-bond donors (Lipinski definition) is 0. The van der Waals surface area contributed by atoms with Crippen LogP contribution in [-0.4, -0.2) is 12.5 Å². The number of thiocyanates is 1. The fourth-order valence-electron chi connectivity index (χ4n) is 1.88. The average Bonchev–Trinajstić information content (AvgIpc) is 2.65. The Morgan fingerprint density at radius 1 is 1.50 bits per heavy atom. The van der Waals surface area contributed by atoms with E-state index >= 15 is 0 Å². The van der Waals surface area contributed by atoms with Gasteiger partial charge in [-0.3, -0.25) is 4.79 Å². The zero-order chi connectivity index (χ0) is 11.5. The van der Waals surface area contributed by atoms with Gasteiger partial charge in [-0.15, -0.1) is 0 Å².